The van der Waals surface area contributed by atoms with Gasteiger partial charge in [-0.05, 0) is 31.0 Å². The third-order valence-electron chi connectivity index (χ3n) is 4.64. The Morgan fingerprint density at radius 3 is 2.69 bits per heavy atom. The number of urea groups is 1. The first kappa shape index (κ1) is 20.6. The van der Waals surface area contributed by atoms with E-state index in [0.717, 1.165) is 28.6 Å². The van der Waals surface area contributed by atoms with E-state index in [0.29, 0.717) is 13.1 Å². The fourth-order valence-corrected chi connectivity index (χ4v) is 3.58. The summed E-state index contributed by atoms with van der Waals surface area (Å²) >= 11 is 3.44. The number of halogens is 1. The minimum Gasteiger partial charge on any atom is -0.496 e. The Bertz CT molecular complexity index is 618. The first-order valence-electron chi connectivity index (χ1n) is 9.10. The number of carbonyl (C=O) groups excluding carboxylic acids is 2. The van der Waals surface area contributed by atoms with Crippen LogP contribution in [0.1, 0.15) is 44.1 Å². The second-order valence-electron chi connectivity index (χ2n) is 6.69. The van der Waals surface area contributed by atoms with Gasteiger partial charge in [-0.1, -0.05) is 35.2 Å². The highest BCUT2D eigenvalue weighted by molar-refractivity contribution is 9.10. The van der Waals surface area contributed by atoms with Crippen LogP contribution in [0.3, 0.4) is 0 Å². The summed E-state index contributed by atoms with van der Waals surface area (Å²) in [7, 11) is 3.37. The highest BCUT2D eigenvalue weighted by Gasteiger charge is 2.16. The number of nitrogens with zero attached hydrogens (tertiary/aromatic N) is 1. The maximum atomic E-state index is 12.3. The first-order chi connectivity index (χ1) is 12.5. The van der Waals surface area contributed by atoms with Gasteiger partial charge in [-0.15, -0.1) is 0 Å². The second-order valence-corrected chi connectivity index (χ2v) is 7.61. The van der Waals surface area contributed by atoms with E-state index in [9.17, 15) is 9.59 Å². The van der Waals surface area contributed by atoms with Crippen molar-refractivity contribution >= 4 is 27.9 Å². The molecule has 2 rings (SSSR count). The second kappa shape index (κ2) is 10.4. The topological polar surface area (TPSA) is 70.7 Å². The lowest BCUT2D eigenvalue weighted by atomic mass is 9.96. The Labute approximate surface area is 163 Å². The fraction of sp³-hybridized carbons (Fsp3) is 0.579. The lowest BCUT2D eigenvalue weighted by molar-refractivity contribution is -0.130. The molecule has 26 heavy (non-hydrogen) atoms. The molecule has 2 N–H and O–H groups in total. The number of ether oxygens (including phenoxy) is 1. The molecule has 0 aliphatic heterocycles. The molecular formula is C19H28BrN3O3. The van der Waals surface area contributed by atoms with E-state index in [1.807, 2.05) is 18.2 Å². The Morgan fingerprint density at radius 2 is 2.00 bits per heavy atom. The van der Waals surface area contributed by atoms with Crippen LogP contribution < -0.4 is 15.4 Å². The van der Waals surface area contributed by atoms with Crippen LogP contribution in [0, 0.1) is 0 Å². The fourth-order valence-electron chi connectivity index (χ4n) is 3.17. The zero-order valence-corrected chi connectivity index (χ0v) is 17.1. The Kier molecular flexibility index (Phi) is 8.22. The minimum atomic E-state index is -0.180. The van der Waals surface area contributed by atoms with Gasteiger partial charge in [-0.25, -0.2) is 4.79 Å². The molecule has 0 bridgehead atoms. The molecule has 3 amide bonds. The van der Waals surface area contributed by atoms with Gasteiger partial charge in [0.05, 0.1) is 7.11 Å². The molecule has 1 aliphatic rings. The number of hydrogen-bond donors (Lipinski definition) is 2. The van der Waals surface area contributed by atoms with E-state index in [-0.39, 0.29) is 24.4 Å². The predicted octanol–water partition coefficient (Wildman–Crippen LogP) is 3.44. The Balaban J connectivity index is 1.73. The molecule has 7 heteroatoms. The summed E-state index contributed by atoms with van der Waals surface area (Å²) in [6.07, 6.45) is 5.96. The zero-order chi connectivity index (χ0) is 18.9. The number of hydrogen-bond acceptors (Lipinski definition) is 3. The molecule has 0 heterocycles. The van der Waals surface area contributed by atoms with Gasteiger partial charge in [0.2, 0.25) is 5.91 Å². The SMILES string of the molecule is COc1ccc(Br)cc1CN(C)C(=O)CCNC(=O)NC1CCCCC1. The van der Waals surface area contributed by atoms with Crippen LogP contribution in [0.4, 0.5) is 4.79 Å². The number of carbonyl (C=O) groups is 2. The number of amides is 3. The number of nitrogens with one attached hydrogen (secondary N) is 2. The largest absolute Gasteiger partial charge is 0.496 e. The minimum absolute atomic E-state index is 0.0232. The van der Waals surface area contributed by atoms with Gasteiger partial charge < -0.3 is 20.3 Å². The summed E-state index contributed by atoms with van der Waals surface area (Å²) in [4.78, 5) is 25.9. The summed E-state index contributed by atoms with van der Waals surface area (Å²) < 4.78 is 6.28. The van der Waals surface area contributed by atoms with Crippen molar-refractivity contribution in [2.24, 2.45) is 0 Å². The van der Waals surface area contributed by atoms with E-state index in [4.69, 9.17) is 4.74 Å². The average molecular weight is 426 g/mol. The molecular weight excluding hydrogens is 398 g/mol. The van der Waals surface area contributed by atoms with Crippen molar-refractivity contribution in [2.45, 2.75) is 51.1 Å². The Morgan fingerprint density at radius 1 is 1.27 bits per heavy atom. The van der Waals surface area contributed by atoms with Gasteiger partial charge in [0.15, 0.2) is 0 Å². The van der Waals surface area contributed by atoms with E-state index >= 15 is 0 Å². The van der Waals surface area contributed by atoms with Gasteiger partial charge in [0.25, 0.3) is 0 Å². The molecule has 6 nitrogen and oxygen atoms in total. The third kappa shape index (κ3) is 6.52. The van der Waals surface area contributed by atoms with Crippen LogP contribution in [0.25, 0.3) is 0 Å². The average Bonchev–Trinajstić information content (AvgIpc) is 2.62. The summed E-state index contributed by atoms with van der Waals surface area (Å²) in [6, 6.07) is 5.80. The first-order valence-corrected chi connectivity index (χ1v) is 9.89. The highest BCUT2D eigenvalue weighted by atomic mass is 79.9. The lowest BCUT2D eigenvalue weighted by Gasteiger charge is -2.23. The summed E-state index contributed by atoms with van der Waals surface area (Å²) in [5.41, 5.74) is 0.931. The summed E-state index contributed by atoms with van der Waals surface area (Å²) in [5, 5.41) is 5.77. The molecule has 0 spiro atoms. The van der Waals surface area contributed by atoms with Crippen molar-refractivity contribution in [3.05, 3.63) is 28.2 Å². The summed E-state index contributed by atoms with van der Waals surface area (Å²) in [5.74, 6) is 0.725. The zero-order valence-electron chi connectivity index (χ0n) is 15.5. The molecule has 1 saturated carbocycles. The standard InChI is InChI=1S/C19H28BrN3O3/c1-23(13-14-12-15(20)8-9-17(14)26-2)18(24)10-11-21-19(25)22-16-6-4-3-5-7-16/h8-9,12,16H,3-7,10-11,13H2,1-2H3,(H2,21,22,25). The maximum Gasteiger partial charge on any atom is 0.315 e. The molecule has 0 atom stereocenters. The normalized spacial score (nSPS) is 14.6. The van der Waals surface area contributed by atoms with Crippen LogP contribution >= 0.6 is 15.9 Å². The Hall–Kier alpha value is -1.76. The van der Waals surface area contributed by atoms with Crippen LogP contribution in [0.5, 0.6) is 5.75 Å². The smallest absolute Gasteiger partial charge is 0.315 e. The van der Waals surface area contributed by atoms with Crippen molar-refractivity contribution in [3.63, 3.8) is 0 Å². The van der Waals surface area contributed by atoms with Gasteiger partial charge in [0.1, 0.15) is 5.75 Å². The van der Waals surface area contributed by atoms with Gasteiger partial charge >= 0.3 is 6.03 Å². The molecule has 1 aromatic carbocycles. The maximum absolute atomic E-state index is 12.3. The van der Waals surface area contributed by atoms with E-state index in [2.05, 4.69) is 26.6 Å². The van der Waals surface area contributed by atoms with Crippen LogP contribution in [-0.4, -0.2) is 43.6 Å². The van der Waals surface area contributed by atoms with Crippen molar-refractivity contribution in [3.8, 4) is 5.75 Å². The van der Waals surface area contributed by atoms with E-state index in [1.54, 1.807) is 19.1 Å². The van der Waals surface area contributed by atoms with Gasteiger partial charge in [-0.2, -0.15) is 0 Å². The van der Waals surface area contributed by atoms with Crippen molar-refractivity contribution < 1.29 is 14.3 Å². The van der Waals surface area contributed by atoms with Crippen LogP contribution in [0.15, 0.2) is 22.7 Å². The van der Waals surface area contributed by atoms with Crippen molar-refractivity contribution in [2.75, 3.05) is 20.7 Å². The number of rotatable bonds is 7. The summed E-state index contributed by atoms with van der Waals surface area (Å²) in [6.45, 7) is 0.785. The van der Waals surface area contributed by atoms with E-state index < -0.39 is 0 Å². The van der Waals surface area contributed by atoms with Crippen LogP contribution in [0.2, 0.25) is 0 Å². The molecule has 1 fully saturated rings. The van der Waals surface area contributed by atoms with Gasteiger partial charge in [0, 0.05) is 42.6 Å². The molecule has 0 unspecified atom stereocenters. The van der Waals surface area contributed by atoms with E-state index in [1.165, 1.54) is 19.3 Å². The van der Waals surface area contributed by atoms with Crippen LogP contribution in [-0.2, 0) is 11.3 Å². The van der Waals surface area contributed by atoms with Crippen molar-refractivity contribution in [1.29, 1.82) is 0 Å². The third-order valence-corrected chi connectivity index (χ3v) is 5.13. The molecule has 0 saturated heterocycles. The van der Waals surface area contributed by atoms with Crippen molar-refractivity contribution in [1.82, 2.24) is 15.5 Å². The molecule has 144 valence electrons. The van der Waals surface area contributed by atoms with Gasteiger partial charge in [-0.3, -0.25) is 4.79 Å². The molecule has 0 aromatic heterocycles. The highest BCUT2D eigenvalue weighted by Crippen LogP contribution is 2.24. The molecule has 0 radical (unpaired) electrons. The monoisotopic (exact) mass is 425 g/mol. The molecule has 1 aliphatic carbocycles. The quantitative estimate of drug-likeness (QED) is 0.702. The number of methoxy groups -OCH3 is 1. The lowest BCUT2D eigenvalue weighted by Crippen LogP contribution is -2.43. The molecule has 1 aromatic rings. The number of benzene rings is 1. The predicted molar refractivity (Wildman–Crippen MR) is 105 cm³/mol.